The highest BCUT2D eigenvalue weighted by atomic mass is 19.4. The van der Waals surface area contributed by atoms with E-state index in [9.17, 15) is 18.0 Å². The number of alkyl halides is 3. The number of hydrazine groups is 1. The number of anilines is 1. The molecule has 138 valence electrons. The molecule has 0 bridgehead atoms. The largest absolute Gasteiger partial charge is 0.455 e. The van der Waals surface area contributed by atoms with Gasteiger partial charge < -0.3 is 4.42 Å². The van der Waals surface area contributed by atoms with Gasteiger partial charge in [-0.1, -0.05) is 6.07 Å². The maximum atomic E-state index is 12.8. The first-order chi connectivity index (χ1) is 12.3. The number of fused-ring (bicyclic) bond motifs is 1. The third-order valence-corrected chi connectivity index (χ3v) is 4.17. The molecule has 2 aromatic rings. The summed E-state index contributed by atoms with van der Waals surface area (Å²) in [5.41, 5.74) is 6.10. The van der Waals surface area contributed by atoms with Crippen LogP contribution >= 0.6 is 0 Å². The Balaban J connectivity index is 1.91. The van der Waals surface area contributed by atoms with Crippen molar-refractivity contribution in [2.24, 2.45) is 10.9 Å². The molecule has 0 unspecified atom stereocenters. The van der Waals surface area contributed by atoms with Crippen LogP contribution in [0, 0.1) is 6.92 Å². The van der Waals surface area contributed by atoms with Crippen LogP contribution in [0.2, 0.25) is 0 Å². The molecule has 0 radical (unpaired) electrons. The van der Waals surface area contributed by atoms with Gasteiger partial charge in [-0.05, 0) is 38.0 Å². The Bertz CT molecular complexity index is 871. The number of carbonyl (C=O) groups is 1. The first-order valence-corrected chi connectivity index (χ1v) is 7.94. The lowest BCUT2D eigenvalue weighted by Gasteiger charge is -2.14. The van der Waals surface area contributed by atoms with Crippen LogP contribution < -0.4 is 16.7 Å². The van der Waals surface area contributed by atoms with Crippen molar-refractivity contribution in [3.05, 3.63) is 52.5 Å². The van der Waals surface area contributed by atoms with Crippen molar-refractivity contribution in [3.8, 4) is 0 Å². The molecular weight excluding hydrogens is 349 g/mol. The summed E-state index contributed by atoms with van der Waals surface area (Å²) in [7, 11) is 0. The molecule has 0 atom stereocenters. The summed E-state index contributed by atoms with van der Waals surface area (Å²) >= 11 is 0. The Hall–Kier alpha value is -2.81. The Kier molecular flexibility index (Phi) is 4.73. The lowest BCUT2D eigenvalue weighted by atomic mass is 9.93. The number of carbonyl (C=O) groups excluding carboxylic acids is 1. The fraction of sp³-hybridized carbons (Fsp3) is 0.294. The van der Waals surface area contributed by atoms with Gasteiger partial charge in [0.1, 0.15) is 5.76 Å². The lowest BCUT2D eigenvalue weighted by Crippen LogP contribution is -2.30. The molecule has 1 amide bonds. The smallest absolute Gasteiger partial charge is 0.416 e. The number of halogens is 3. The fourth-order valence-electron chi connectivity index (χ4n) is 2.96. The molecule has 0 saturated carbocycles. The van der Waals surface area contributed by atoms with E-state index in [1.54, 1.807) is 6.92 Å². The number of hydrogen-bond acceptors (Lipinski definition) is 5. The predicted octanol–water partition coefficient (Wildman–Crippen LogP) is 3.36. The zero-order valence-corrected chi connectivity index (χ0v) is 13.9. The van der Waals surface area contributed by atoms with E-state index in [-0.39, 0.29) is 11.4 Å². The summed E-state index contributed by atoms with van der Waals surface area (Å²) in [5, 5.41) is 4.25. The van der Waals surface area contributed by atoms with Gasteiger partial charge in [-0.2, -0.15) is 18.3 Å². The Morgan fingerprint density at radius 3 is 2.77 bits per heavy atom. The molecular formula is C17H17F3N4O2. The molecule has 26 heavy (non-hydrogen) atoms. The topological polar surface area (TPSA) is 92.7 Å². The van der Waals surface area contributed by atoms with Crippen LogP contribution in [-0.4, -0.2) is 11.6 Å². The Labute approximate surface area is 147 Å². The number of hydrogen-bond donors (Lipinski definition) is 3. The highest BCUT2D eigenvalue weighted by Crippen LogP contribution is 2.32. The zero-order chi connectivity index (χ0) is 18.9. The second-order valence-electron chi connectivity index (χ2n) is 5.93. The van der Waals surface area contributed by atoms with Gasteiger partial charge in [-0.25, -0.2) is 5.84 Å². The minimum Gasteiger partial charge on any atom is -0.455 e. The van der Waals surface area contributed by atoms with Crippen LogP contribution in [0.25, 0.3) is 0 Å². The van der Waals surface area contributed by atoms with Gasteiger partial charge in [0.2, 0.25) is 0 Å². The van der Waals surface area contributed by atoms with Gasteiger partial charge in [0.15, 0.2) is 5.76 Å². The number of furan rings is 1. The molecule has 0 aliphatic heterocycles. The second-order valence-corrected chi connectivity index (χ2v) is 5.93. The molecule has 1 aromatic carbocycles. The van der Waals surface area contributed by atoms with Gasteiger partial charge in [-0.15, -0.1) is 0 Å². The zero-order valence-electron chi connectivity index (χ0n) is 13.9. The van der Waals surface area contributed by atoms with Gasteiger partial charge in [-0.3, -0.25) is 15.6 Å². The predicted molar refractivity (Wildman–Crippen MR) is 89.6 cm³/mol. The van der Waals surface area contributed by atoms with Crippen LogP contribution in [0.1, 0.15) is 45.8 Å². The maximum Gasteiger partial charge on any atom is 0.416 e. The number of nitrogens with zero attached hydrogens (tertiary/aromatic N) is 1. The molecule has 0 spiro atoms. The minimum absolute atomic E-state index is 0.117. The van der Waals surface area contributed by atoms with Crippen molar-refractivity contribution in [1.82, 2.24) is 5.43 Å². The van der Waals surface area contributed by atoms with E-state index in [4.69, 9.17) is 10.3 Å². The third kappa shape index (κ3) is 3.43. The molecule has 1 heterocycles. The van der Waals surface area contributed by atoms with Crippen molar-refractivity contribution < 1.29 is 22.4 Å². The van der Waals surface area contributed by atoms with Crippen LogP contribution in [0.15, 0.2) is 33.8 Å². The molecule has 6 nitrogen and oxygen atoms in total. The normalized spacial score (nSPS) is 15.7. The molecule has 0 saturated heterocycles. The highest BCUT2D eigenvalue weighted by molar-refractivity contribution is 6.06. The molecule has 9 heteroatoms. The molecule has 1 aromatic heterocycles. The van der Waals surface area contributed by atoms with Crippen LogP contribution in [0.5, 0.6) is 0 Å². The monoisotopic (exact) mass is 366 g/mol. The van der Waals surface area contributed by atoms with Crippen molar-refractivity contribution in [2.45, 2.75) is 32.4 Å². The first-order valence-electron chi connectivity index (χ1n) is 7.94. The number of rotatable bonds is 3. The average Bonchev–Trinajstić information content (AvgIpc) is 2.96. The molecule has 0 fully saturated rings. The Morgan fingerprint density at radius 2 is 2.08 bits per heavy atom. The first kappa shape index (κ1) is 18.0. The van der Waals surface area contributed by atoms with E-state index in [1.807, 2.05) is 5.43 Å². The van der Waals surface area contributed by atoms with Gasteiger partial charge in [0, 0.05) is 17.5 Å². The van der Waals surface area contributed by atoms with Crippen molar-refractivity contribution in [3.63, 3.8) is 0 Å². The summed E-state index contributed by atoms with van der Waals surface area (Å²) in [6.07, 6.45) is -2.40. The second kappa shape index (κ2) is 6.83. The van der Waals surface area contributed by atoms with Crippen LogP contribution in [0.3, 0.4) is 0 Å². The quantitative estimate of drug-likeness (QED) is 0.441. The van der Waals surface area contributed by atoms with Gasteiger partial charge in [0.25, 0.3) is 0 Å². The van der Waals surface area contributed by atoms with E-state index in [1.165, 1.54) is 12.1 Å². The number of nitrogens with two attached hydrogens (primary N) is 1. The average molecular weight is 366 g/mol. The summed E-state index contributed by atoms with van der Waals surface area (Å²) in [6.45, 7) is 1.72. The SMILES string of the molecule is Cc1c(C(=O)NN)oc2c1/C(=N/Nc1cccc(C(F)(F)F)c1)CCC2. The molecule has 4 N–H and O–H groups in total. The number of amides is 1. The van der Waals surface area contributed by atoms with Crippen molar-refractivity contribution in [1.29, 1.82) is 0 Å². The molecule has 1 aliphatic rings. The van der Waals surface area contributed by atoms with Crippen molar-refractivity contribution in [2.75, 3.05) is 5.43 Å². The van der Waals surface area contributed by atoms with Gasteiger partial charge in [0.05, 0.1) is 17.0 Å². The van der Waals surface area contributed by atoms with E-state index in [2.05, 4.69) is 10.5 Å². The maximum absolute atomic E-state index is 12.8. The number of benzene rings is 1. The molecule has 3 rings (SSSR count). The van der Waals surface area contributed by atoms with E-state index < -0.39 is 17.6 Å². The number of nitrogens with one attached hydrogen (secondary N) is 2. The summed E-state index contributed by atoms with van der Waals surface area (Å²) in [4.78, 5) is 11.8. The summed E-state index contributed by atoms with van der Waals surface area (Å²) in [5.74, 6) is 5.35. The fourth-order valence-corrected chi connectivity index (χ4v) is 2.96. The van der Waals surface area contributed by atoms with Gasteiger partial charge >= 0.3 is 12.1 Å². The van der Waals surface area contributed by atoms with Crippen LogP contribution in [-0.2, 0) is 12.6 Å². The minimum atomic E-state index is -4.42. The standard InChI is InChI=1S/C17H17F3N4O2/c1-9-14-12(6-3-7-13(14)26-15(9)16(25)22-21)24-23-11-5-2-4-10(8-11)17(18,19)20/h2,4-5,8,23H,3,6-7,21H2,1H3,(H,22,25)/b24-12+. The number of nitrogen functional groups attached to an aromatic ring is 1. The Morgan fingerprint density at radius 1 is 1.31 bits per heavy atom. The van der Waals surface area contributed by atoms with E-state index in [0.29, 0.717) is 35.4 Å². The third-order valence-electron chi connectivity index (χ3n) is 4.17. The van der Waals surface area contributed by atoms with E-state index in [0.717, 1.165) is 18.6 Å². The number of hydrazone groups is 1. The summed E-state index contributed by atoms with van der Waals surface area (Å²) < 4.78 is 44.0. The van der Waals surface area contributed by atoms with Crippen molar-refractivity contribution >= 4 is 17.3 Å². The number of aryl methyl sites for hydroxylation is 1. The molecule has 1 aliphatic carbocycles. The lowest BCUT2D eigenvalue weighted by molar-refractivity contribution is -0.137. The summed E-state index contributed by atoms with van der Waals surface area (Å²) in [6, 6.07) is 4.79. The van der Waals surface area contributed by atoms with E-state index >= 15 is 0 Å². The highest BCUT2D eigenvalue weighted by Gasteiger charge is 2.30. The van der Waals surface area contributed by atoms with Crippen LogP contribution in [0.4, 0.5) is 18.9 Å².